The summed E-state index contributed by atoms with van der Waals surface area (Å²) in [4.78, 5) is 12.4. The number of nitrogens with one attached hydrogen (secondary N) is 1. The Morgan fingerprint density at radius 1 is 1.04 bits per heavy atom. The first-order valence-corrected chi connectivity index (χ1v) is 9.18. The maximum absolute atomic E-state index is 12.4. The molecule has 3 aromatic rings. The van der Waals surface area contributed by atoms with Crippen LogP contribution in [-0.2, 0) is 24.3 Å². The van der Waals surface area contributed by atoms with Gasteiger partial charge in [-0.15, -0.1) is 0 Å². The number of rotatable bonds is 7. The smallest absolute Gasteiger partial charge is 0.237 e. The molecule has 0 saturated carbocycles. The molecule has 0 aliphatic rings. The third kappa shape index (κ3) is 4.83. The van der Waals surface area contributed by atoms with Crippen LogP contribution in [0.4, 0.5) is 0 Å². The van der Waals surface area contributed by atoms with Gasteiger partial charge in [-0.3, -0.25) is 9.48 Å². The predicted molar refractivity (Wildman–Crippen MR) is 107 cm³/mol. The molecule has 1 aromatic heterocycles. The second-order valence-corrected chi connectivity index (χ2v) is 6.81. The van der Waals surface area contributed by atoms with Crippen LogP contribution in [0.2, 0.25) is 0 Å². The Balaban J connectivity index is 1.61. The zero-order chi connectivity index (χ0) is 19.2. The topological polar surface area (TPSA) is 72.9 Å². The lowest BCUT2D eigenvalue weighted by Crippen LogP contribution is -2.41. The van der Waals surface area contributed by atoms with Crippen LogP contribution in [0.3, 0.4) is 0 Å². The molecule has 0 radical (unpaired) electrons. The van der Waals surface area contributed by atoms with E-state index in [2.05, 4.69) is 22.5 Å². The van der Waals surface area contributed by atoms with Crippen molar-refractivity contribution in [2.45, 2.75) is 39.4 Å². The SMILES string of the molecule is Cc1nn(Cc2ccccc2)c(C)c1CNC(=O)C(N)Cc1ccccc1. The van der Waals surface area contributed by atoms with E-state index in [9.17, 15) is 4.79 Å². The predicted octanol–water partition coefficient (Wildman–Crippen LogP) is 2.73. The number of nitrogens with two attached hydrogens (primary N) is 1. The molecular formula is C22H26N4O. The van der Waals surface area contributed by atoms with Gasteiger partial charge in [-0.1, -0.05) is 60.7 Å². The molecule has 5 nitrogen and oxygen atoms in total. The van der Waals surface area contributed by atoms with E-state index >= 15 is 0 Å². The van der Waals surface area contributed by atoms with Crippen LogP contribution in [0.15, 0.2) is 60.7 Å². The van der Waals surface area contributed by atoms with Gasteiger partial charge in [0.1, 0.15) is 0 Å². The van der Waals surface area contributed by atoms with Gasteiger partial charge in [0.2, 0.25) is 5.91 Å². The van der Waals surface area contributed by atoms with Gasteiger partial charge < -0.3 is 11.1 Å². The van der Waals surface area contributed by atoms with Crippen LogP contribution in [0.1, 0.15) is 28.1 Å². The summed E-state index contributed by atoms with van der Waals surface area (Å²) in [5, 5.41) is 7.59. The van der Waals surface area contributed by atoms with Crippen molar-refractivity contribution < 1.29 is 4.79 Å². The van der Waals surface area contributed by atoms with E-state index in [1.165, 1.54) is 5.56 Å². The number of aryl methyl sites for hydroxylation is 1. The summed E-state index contributed by atoms with van der Waals surface area (Å²) < 4.78 is 1.98. The number of aromatic nitrogens is 2. The molecule has 3 N–H and O–H groups in total. The summed E-state index contributed by atoms with van der Waals surface area (Å²) in [5.41, 5.74) is 11.4. The number of nitrogens with zero attached hydrogens (tertiary/aromatic N) is 2. The van der Waals surface area contributed by atoms with Gasteiger partial charge in [0, 0.05) is 17.8 Å². The summed E-state index contributed by atoms with van der Waals surface area (Å²) in [5.74, 6) is -0.145. The average molecular weight is 362 g/mol. The fraction of sp³-hybridized carbons (Fsp3) is 0.273. The Kier molecular flexibility index (Phi) is 6.04. The van der Waals surface area contributed by atoms with Gasteiger partial charge in [-0.25, -0.2) is 0 Å². The Morgan fingerprint density at radius 2 is 1.63 bits per heavy atom. The molecule has 1 heterocycles. The first-order valence-electron chi connectivity index (χ1n) is 9.18. The maximum Gasteiger partial charge on any atom is 0.237 e. The minimum atomic E-state index is -0.563. The molecule has 0 aliphatic carbocycles. The van der Waals surface area contributed by atoms with Crippen LogP contribution >= 0.6 is 0 Å². The Hall–Kier alpha value is -2.92. The van der Waals surface area contributed by atoms with Crippen LogP contribution in [-0.4, -0.2) is 21.7 Å². The number of benzene rings is 2. The standard InChI is InChI=1S/C22H26N4O/c1-16-20(17(2)26(25-16)15-19-11-7-4-8-12-19)14-24-22(27)21(23)13-18-9-5-3-6-10-18/h3-12,21H,13-15,23H2,1-2H3,(H,24,27). The molecule has 5 heteroatoms. The molecule has 140 valence electrons. The molecule has 3 rings (SSSR count). The van der Waals surface area contributed by atoms with E-state index in [1.807, 2.05) is 67.1 Å². The van der Waals surface area contributed by atoms with Crippen molar-refractivity contribution in [3.8, 4) is 0 Å². The molecule has 1 amide bonds. The van der Waals surface area contributed by atoms with Crippen LogP contribution in [0, 0.1) is 13.8 Å². The molecule has 0 bridgehead atoms. The highest BCUT2D eigenvalue weighted by molar-refractivity contribution is 5.81. The molecule has 1 atom stereocenters. The minimum Gasteiger partial charge on any atom is -0.351 e. The molecule has 0 saturated heterocycles. The van der Waals surface area contributed by atoms with Gasteiger partial charge in [0.05, 0.1) is 18.3 Å². The highest BCUT2D eigenvalue weighted by atomic mass is 16.2. The van der Waals surface area contributed by atoms with Crippen molar-refractivity contribution >= 4 is 5.91 Å². The minimum absolute atomic E-state index is 0.145. The summed E-state index contributed by atoms with van der Waals surface area (Å²) in [7, 11) is 0. The molecule has 0 aliphatic heterocycles. The summed E-state index contributed by atoms with van der Waals surface area (Å²) in [6.07, 6.45) is 0.526. The largest absolute Gasteiger partial charge is 0.351 e. The fourth-order valence-electron chi connectivity index (χ4n) is 3.17. The summed E-state index contributed by atoms with van der Waals surface area (Å²) in [6.45, 7) is 5.16. The first kappa shape index (κ1) is 18.9. The van der Waals surface area contributed by atoms with Crippen molar-refractivity contribution in [3.63, 3.8) is 0 Å². The van der Waals surface area contributed by atoms with Gasteiger partial charge in [-0.05, 0) is 31.4 Å². The zero-order valence-electron chi connectivity index (χ0n) is 15.9. The summed E-state index contributed by atoms with van der Waals surface area (Å²) in [6, 6.07) is 19.5. The lowest BCUT2D eigenvalue weighted by Gasteiger charge is -2.13. The molecule has 0 spiro atoms. The normalized spacial score (nSPS) is 12.0. The van der Waals surface area contributed by atoms with Crippen LogP contribution in [0.25, 0.3) is 0 Å². The number of hydrogen-bond acceptors (Lipinski definition) is 3. The molecule has 2 aromatic carbocycles. The maximum atomic E-state index is 12.4. The molecular weight excluding hydrogens is 336 g/mol. The van der Waals surface area contributed by atoms with E-state index in [-0.39, 0.29) is 5.91 Å². The van der Waals surface area contributed by atoms with Crippen molar-refractivity contribution in [1.29, 1.82) is 0 Å². The fourth-order valence-corrected chi connectivity index (χ4v) is 3.17. The van der Waals surface area contributed by atoms with Gasteiger partial charge in [0.25, 0.3) is 0 Å². The van der Waals surface area contributed by atoms with Gasteiger partial charge in [0.15, 0.2) is 0 Å². The van der Waals surface area contributed by atoms with E-state index in [0.29, 0.717) is 13.0 Å². The van der Waals surface area contributed by atoms with Crippen molar-refractivity contribution in [3.05, 3.63) is 88.7 Å². The number of amides is 1. The third-order valence-corrected chi connectivity index (χ3v) is 4.78. The van der Waals surface area contributed by atoms with Gasteiger partial charge >= 0.3 is 0 Å². The van der Waals surface area contributed by atoms with E-state index < -0.39 is 6.04 Å². The Labute approximate surface area is 160 Å². The lowest BCUT2D eigenvalue weighted by atomic mass is 10.1. The zero-order valence-corrected chi connectivity index (χ0v) is 15.9. The molecule has 27 heavy (non-hydrogen) atoms. The number of carbonyl (C=O) groups is 1. The third-order valence-electron chi connectivity index (χ3n) is 4.78. The van der Waals surface area contributed by atoms with Crippen molar-refractivity contribution in [2.75, 3.05) is 0 Å². The Bertz CT molecular complexity index is 887. The average Bonchev–Trinajstić information content (AvgIpc) is 2.94. The van der Waals surface area contributed by atoms with E-state index in [0.717, 1.165) is 29.1 Å². The second-order valence-electron chi connectivity index (χ2n) is 6.81. The quantitative estimate of drug-likeness (QED) is 0.679. The molecule has 1 unspecified atom stereocenters. The second kappa shape index (κ2) is 8.64. The van der Waals surface area contributed by atoms with Crippen LogP contribution in [0.5, 0.6) is 0 Å². The van der Waals surface area contributed by atoms with E-state index in [1.54, 1.807) is 0 Å². The molecule has 0 fully saturated rings. The van der Waals surface area contributed by atoms with Crippen molar-refractivity contribution in [1.82, 2.24) is 15.1 Å². The van der Waals surface area contributed by atoms with Crippen LogP contribution < -0.4 is 11.1 Å². The van der Waals surface area contributed by atoms with Gasteiger partial charge in [-0.2, -0.15) is 5.10 Å². The highest BCUT2D eigenvalue weighted by Gasteiger charge is 2.17. The number of carbonyl (C=O) groups excluding carboxylic acids is 1. The first-order chi connectivity index (χ1) is 13.0. The van der Waals surface area contributed by atoms with E-state index in [4.69, 9.17) is 5.73 Å². The lowest BCUT2D eigenvalue weighted by molar-refractivity contribution is -0.122. The highest BCUT2D eigenvalue weighted by Crippen LogP contribution is 2.15. The summed E-state index contributed by atoms with van der Waals surface area (Å²) >= 11 is 0. The Morgan fingerprint density at radius 3 is 2.26 bits per heavy atom. The van der Waals surface area contributed by atoms with Crippen molar-refractivity contribution in [2.24, 2.45) is 5.73 Å². The monoisotopic (exact) mass is 362 g/mol. The number of hydrogen-bond donors (Lipinski definition) is 2.